The number of carbonyl (C=O) groups is 3. The van der Waals surface area contributed by atoms with Crippen LogP contribution in [-0.4, -0.2) is 79.4 Å². The topological polar surface area (TPSA) is 165 Å². The minimum absolute atomic E-state index is 0.142. The molecule has 0 aromatic carbocycles. The molecule has 10 heteroatoms. The second kappa shape index (κ2) is 6.72. The van der Waals surface area contributed by atoms with E-state index in [1.54, 1.807) is 0 Å². The zero-order valence-electron chi connectivity index (χ0n) is 10.2. The van der Waals surface area contributed by atoms with Crippen LogP contribution in [0, 0.1) is 0 Å². The molecule has 1 fully saturated rings. The number of hydrogen-bond acceptors (Lipinski definition) is 9. The Morgan fingerprint density at radius 2 is 1.60 bits per heavy atom. The van der Waals surface area contributed by atoms with E-state index in [1.807, 2.05) is 0 Å². The molecule has 0 bridgehead atoms. The zero-order chi connectivity index (χ0) is 15.4. The SMILES string of the molecule is O=C(ON1C(=O)CCC1=O)[C@@H](O)[C@H](O)[C@@H](O)[C@@H](O)CO. The van der Waals surface area contributed by atoms with Crippen molar-refractivity contribution in [3.05, 3.63) is 0 Å². The fourth-order valence-corrected chi connectivity index (χ4v) is 1.46. The third kappa shape index (κ3) is 3.49. The predicted octanol–water partition coefficient (Wildman–Crippen LogP) is -3.97. The van der Waals surface area contributed by atoms with Gasteiger partial charge in [0.2, 0.25) is 0 Å². The van der Waals surface area contributed by atoms with E-state index in [1.165, 1.54) is 0 Å². The van der Waals surface area contributed by atoms with Crippen LogP contribution in [0.4, 0.5) is 0 Å². The van der Waals surface area contributed by atoms with Crippen molar-refractivity contribution in [2.75, 3.05) is 6.61 Å². The van der Waals surface area contributed by atoms with Gasteiger partial charge in [0, 0.05) is 12.8 Å². The number of rotatable bonds is 6. The molecule has 1 heterocycles. The smallest absolute Gasteiger partial charge is 0.364 e. The van der Waals surface area contributed by atoms with E-state index < -0.39 is 48.8 Å². The fourth-order valence-electron chi connectivity index (χ4n) is 1.46. The van der Waals surface area contributed by atoms with Gasteiger partial charge in [-0.2, -0.15) is 0 Å². The Kier molecular flexibility index (Phi) is 5.53. The minimum atomic E-state index is -2.31. The van der Waals surface area contributed by atoms with E-state index in [4.69, 9.17) is 10.2 Å². The van der Waals surface area contributed by atoms with Crippen molar-refractivity contribution in [3.63, 3.8) is 0 Å². The summed E-state index contributed by atoms with van der Waals surface area (Å²) in [4.78, 5) is 38.1. The summed E-state index contributed by atoms with van der Waals surface area (Å²) in [5.41, 5.74) is 0. The summed E-state index contributed by atoms with van der Waals surface area (Å²) in [6.45, 7) is -0.914. The summed E-state index contributed by atoms with van der Waals surface area (Å²) >= 11 is 0. The maximum atomic E-state index is 11.4. The van der Waals surface area contributed by atoms with Crippen LogP contribution in [-0.2, 0) is 19.2 Å². The number of hydroxylamine groups is 2. The van der Waals surface area contributed by atoms with Crippen molar-refractivity contribution in [3.8, 4) is 0 Å². The second-order valence-electron chi connectivity index (χ2n) is 4.17. The standard InChI is InChI=1S/C10H15NO9/c12-3-4(13)7(16)8(17)9(18)10(19)20-11-5(14)1-2-6(11)15/h4,7-9,12-13,16-18H,1-3H2/t4-,7-,8+,9-/m0/s1. The quantitative estimate of drug-likeness (QED) is 0.307. The summed E-state index contributed by atoms with van der Waals surface area (Å²) in [5.74, 6) is -3.10. The monoisotopic (exact) mass is 293 g/mol. The molecule has 0 aromatic rings. The van der Waals surface area contributed by atoms with Gasteiger partial charge in [0.25, 0.3) is 11.8 Å². The largest absolute Gasteiger partial charge is 0.394 e. The van der Waals surface area contributed by atoms with E-state index in [-0.39, 0.29) is 17.9 Å². The van der Waals surface area contributed by atoms with Crippen molar-refractivity contribution in [1.82, 2.24) is 5.06 Å². The first-order valence-electron chi connectivity index (χ1n) is 5.70. The van der Waals surface area contributed by atoms with Crippen LogP contribution in [0.25, 0.3) is 0 Å². The first kappa shape index (κ1) is 16.5. The number of amides is 2. The van der Waals surface area contributed by atoms with Gasteiger partial charge in [0.05, 0.1) is 6.61 Å². The lowest BCUT2D eigenvalue weighted by Gasteiger charge is -2.25. The van der Waals surface area contributed by atoms with Gasteiger partial charge in [-0.25, -0.2) is 4.79 Å². The van der Waals surface area contributed by atoms with Gasteiger partial charge in [-0.3, -0.25) is 9.59 Å². The Morgan fingerprint density at radius 3 is 2.05 bits per heavy atom. The molecule has 0 saturated carbocycles. The predicted molar refractivity (Wildman–Crippen MR) is 58.3 cm³/mol. The third-order valence-electron chi connectivity index (χ3n) is 2.68. The molecule has 0 aromatic heterocycles. The molecule has 1 rings (SSSR count). The summed E-state index contributed by atoms with van der Waals surface area (Å²) in [7, 11) is 0. The molecular weight excluding hydrogens is 278 g/mol. The van der Waals surface area contributed by atoms with E-state index in [0.717, 1.165) is 0 Å². The molecular formula is C10H15NO9. The number of hydrogen-bond donors (Lipinski definition) is 5. The van der Waals surface area contributed by atoms with Crippen molar-refractivity contribution < 1.29 is 44.8 Å². The first-order valence-corrected chi connectivity index (χ1v) is 5.70. The van der Waals surface area contributed by atoms with E-state index >= 15 is 0 Å². The van der Waals surface area contributed by atoms with Crippen molar-refractivity contribution in [1.29, 1.82) is 0 Å². The van der Waals surface area contributed by atoms with Crippen LogP contribution in [0.15, 0.2) is 0 Å². The Hall–Kier alpha value is -1.59. The average molecular weight is 293 g/mol. The maximum Gasteiger partial charge on any atom is 0.364 e. The average Bonchev–Trinajstić information content (AvgIpc) is 2.75. The molecule has 0 radical (unpaired) electrons. The third-order valence-corrected chi connectivity index (χ3v) is 2.68. The fraction of sp³-hybridized carbons (Fsp3) is 0.700. The second-order valence-corrected chi connectivity index (χ2v) is 4.17. The van der Waals surface area contributed by atoms with Crippen LogP contribution >= 0.6 is 0 Å². The van der Waals surface area contributed by atoms with Crippen molar-refractivity contribution in [2.24, 2.45) is 0 Å². The molecule has 1 aliphatic rings. The maximum absolute atomic E-state index is 11.4. The number of aliphatic hydroxyl groups excluding tert-OH is 5. The number of nitrogens with zero attached hydrogens (tertiary/aromatic N) is 1. The van der Waals surface area contributed by atoms with Crippen molar-refractivity contribution >= 4 is 17.8 Å². The molecule has 0 aliphatic carbocycles. The summed E-state index contributed by atoms with van der Waals surface area (Å²) in [5, 5.41) is 45.9. The molecule has 1 aliphatic heterocycles. The summed E-state index contributed by atoms with van der Waals surface area (Å²) in [6, 6.07) is 0. The molecule has 2 amide bonds. The summed E-state index contributed by atoms with van der Waals surface area (Å²) < 4.78 is 0. The van der Waals surface area contributed by atoms with Gasteiger partial charge >= 0.3 is 5.97 Å². The molecule has 114 valence electrons. The Morgan fingerprint density at radius 1 is 1.10 bits per heavy atom. The van der Waals surface area contributed by atoms with Crippen LogP contribution in [0.2, 0.25) is 0 Å². The highest BCUT2D eigenvalue weighted by atomic mass is 16.7. The molecule has 4 atom stereocenters. The lowest BCUT2D eigenvalue weighted by atomic mass is 10.0. The zero-order valence-corrected chi connectivity index (χ0v) is 10.2. The first-order chi connectivity index (χ1) is 9.29. The van der Waals surface area contributed by atoms with Gasteiger partial charge in [-0.05, 0) is 0 Å². The highest BCUT2D eigenvalue weighted by molar-refractivity contribution is 6.01. The normalized spacial score (nSPS) is 21.6. The van der Waals surface area contributed by atoms with Crippen LogP contribution in [0.5, 0.6) is 0 Å². The highest BCUT2D eigenvalue weighted by Gasteiger charge is 2.39. The lowest BCUT2D eigenvalue weighted by molar-refractivity contribution is -0.210. The Bertz CT molecular complexity index is 382. The molecule has 0 spiro atoms. The van der Waals surface area contributed by atoms with Gasteiger partial charge < -0.3 is 30.4 Å². The molecule has 5 N–H and O–H groups in total. The molecule has 20 heavy (non-hydrogen) atoms. The minimum Gasteiger partial charge on any atom is -0.394 e. The number of carbonyl (C=O) groups excluding carboxylic acids is 3. The van der Waals surface area contributed by atoms with Gasteiger partial charge in [0.15, 0.2) is 6.10 Å². The number of imide groups is 1. The molecule has 1 saturated heterocycles. The van der Waals surface area contributed by atoms with Crippen LogP contribution < -0.4 is 0 Å². The van der Waals surface area contributed by atoms with Gasteiger partial charge in [-0.15, -0.1) is 5.06 Å². The van der Waals surface area contributed by atoms with Crippen LogP contribution in [0.3, 0.4) is 0 Å². The van der Waals surface area contributed by atoms with E-state index in [0.29, 0.717) is 0 Å². The van der Waals surface area contributed by atoms with Gasteiger partial charge in [-0.1, -0.05) is 0 Å². The molecule has 10 nitrogen and oxygen atoms in total. The summed E-state index contributed by atoms with van der Waals surface area (Å²) in [6.07, 6.45) is -8.58. The number of aliphatic hydroxyl groups is 5. The molecule has 0 unspecified atom stereocenters. The van der Waals surface area contributed by atoms with E-state index in [9.17, 15) is 29.7 Å². The van der Waals surface area contributed by atoms with E-state index in [2.05, 4.69) is 4.84 Å². The Balaban J connectivity index is 2.62. The highest BCUT2D eigenvalue weighted by Crippen LogP contribution is 2.14. The van der Waals surface area contributed by atoms with Crippen molar-refractivity contribution in [2.45, 2.75) is 37.3 Å². The Labute approximate surface area is 112 Å². The van der Waals surface area contributed by atoms with Gasteiger partial charge in [0.1, 0.15) is 18.3 Å². The lowest BCUT2D eigenvalue weighted by Crippen LogP contribution is -2.50. The van der Waals surface area contributed by atoms with Crippen LogP contribution in [0.1, 0.15) is 12.8 Å².